The maximum Gasteiger partial charge on any atom is 0.128 e. The first-order valence-corrected chi connectivity index (χ1v) is 7.47. The van der Waals surface area contributed by atoms with Crippen LogP contribution in [0.5, 0.6) is 0 Å². The van der Waals surface area contributed by atoms with Crippen LogP contribution >= 0.6 is 0 Å². The smallest absolute Gasteiger partial charge is 0.128 e. The van der Waals surface area contributed by atoms with E-state index in [0.29, 0.717) is 5.54 Å². The van der Waals surface area contributed by atoms with Gasteiger partial charge in [-0.25, -0.2) is 4.98 Å². The molecule has 0 atom stereocenters. The number of rotatable bonds is 6. The summed E-state index contributed by atoms with van der Waals surface area (Å²) in [6.45, 7) is 4.01. The predicted molar refractivity (Wildman–Crippen MR) is 85.3 cm³/mol. The van der Waals surface area contributed by atoms with Crippen molar-refractivity contribution in [2.75, 3.05) is 39.6 Å². The highest BCUT2D eigenvalue weighted by Gasteiger charge is 2.40. The van der Waals surface area contributed by atoms with E-state index in [9.17, 15) is 0 Å². The van der Waals surface area contributed by atoms with Gasteiger partial charge in [0.25, 0.3) is 0 Å². The van der Waals surface area contributed by atoms with Crippen LogP contribution in [0.4, 0.5) is 5.82 Å². The van der Waals surface area contributed by atoms with Crippen molar-refractivity contribution in [2.45, 2.75) is 38.3 Å². The number of hydrogen-bond donors (Lipinski definition) is 1. The van der Waals surface area contributed by atoms with E-state index in [0.717, 1.165) is 24.6 Å². The minimum atomic E-state index is 0.337. The van der Waals surface area contributed by atoms with Crippen molar-refractivity contribution < 1.29 is 0 Å². The fourth-order valence-electron chi connectivity index (χ4n) is 3.08. The molecule has 1 heterocycles. The van der Waals surface area contributed by atoms with Crippen LogP contribution in [-0.4, -0.2) is 50.2 Å². The monoisotopic (exact) mass is 276 g/mol. The van der Waals surface area contributed by atoms with Gasteiger partial charge in [-0.05, 0) is 65.0 Å². The fourth-order valence-corrected chi connectivity index (χ4v) is 3.08. The Morgan fingerprint density at radius 3 is 2.45 bits per heavy atom. The highest BCUT2D eigenvalue weighted by molar-refractivity contribution is 5.42. The number of aromatic nitrogens is 1. The maximum atomic E-state index is 4.70. The van der Waals surface area contributed by atoms with Crippen LogP contribution in [0.1, 0.15) is 30.5 Å². The Kier molecular flexibility index (Phi) is 4.66. The molecule has 0 unspecified atom stereocenters. The third-order valence-electron chi connectivity index (χ3n) is 4.54. The molecule has 0 radical (unpaired) electrons. The van der Waals surface area contributed by atoms with Crippen molar-refractivity contribution in [1.29, 1.82) is 0 Å². The molecule has 1 aromatic rings. The average Bonchev–Trinajstić information content (AvgIpc) is 2.32. The molecule has 2 rings (SSSR count). The number of nitrogens with one attached hydrogen (secondary N) is 1. The molecule has 1 N–H and O–H groups in total. The highest BCUT2D eigenvalue weighted by atomic mass is 15.2. The second-order valence-corrected chi connectivity index (χ2v) is 6.33. The Morgan fingerprint density at radius 1 is 1.25 bits per heavy atom. The highest BCUT2D eigenvalue weighted by Crippen LogP contribution is 2.37. The molecule has 0 aromatic carbocycles. The first kappa shape index (κ1) is 15.3. The van der Waals surface area contributed by atoms with E-state index in [-0.39, 0.29) is 0 Å². The Hall–Kier alpha value is -1.13. The number of pyridine rings is 1. The largest absolute Gasteiger partial charge is 0.358 e. The summed E-state index contributed by atoms with van der Waals surface area (Å²) in [6, 6.07) is 4.35. The molecule has 1 aromatic heterocycles. The average molecular weight is 276 g/mol. The molecule has 0 spiro atoms. The third kappa shape index (κ3) is 3.13. The van der Waals surface area contributed by atoms with Crippen LogP contribution in [0.25, 0.3) is 0 Å². The molecule has 0 bridgehead atoms. The van der Waals surface area contributed by atoms with Gasteiger partial charge in [0.15, 0.2) is 0 Å². The summed E-state index contributed by atoms with van der Waals surface area (Å²) >= 11 is 0. The molecule has 0 aliphatic heterocycles. The van der Waals surface area contributed by atoms with Crippen LogP contribution in [0, 0.1) is 6.92 Å². The number of aryl methyl sites for hydroxylation is 1. The molecule has 1 aliphatic rings. The Labute approximate surface area is 123 Å². The zero-order valence-electron chi connectivity index (χ0n) is 13.5. The zero-order valence-corrected chi connectivity index (χ0v) is 13.5. The summed E-state index contributed by atoms with van der Waals surface area (Å²) in [5.74, 6) is 1.09. The lowest BCUT2D eigenvalue weighted by Crippen LogP contribution is -2.56. The van der Waals surface area contributed by atoms with E-state index < -0.39 is 0 Å². The van der Waals surface area contributed by atoms with Crippen molar-refractivity contribution in [3.63, 3.8) is 0 Å². The summed E-state index contributed by atoms with van der Waals surface area (Å²) in [4.78, 5) is 9.39. The number of hydrogen-bond acceptors (Lipinski definition) is 4. The SMILES string of the molecule is CNCc1cc(C)nc(N(C)CC2(N(C)C)CCC2)c1. The lowest BCUT2D eigenvalue weighted by atomic mass is 9.75. The summed E-state index contributed by atoms with van der Waals surface area (Å²) in [5.41, 5.74) is 2.73. The van der Waals surface area contributed by atoms with Crippen molar-refractivity contribution in [2.24, 2.45) is 0 Å². The van der Waals surface area contributed by atoms with Crippen LogP contribution in [0.2, 0.25) is 0 Å². The first-order chi connectivity index (χ1) is 9.47. The van der Waals surface area contributed by atoms with Gasteiger partial charge in [-0.15, -0.1) is 0 Å². The van der Waals surface area contributed by atoms with Gasteiger partial charge in [0.05, 0.1) is 0 Å². The number of likely N-dealkylation sites (N-methyl/N-ethyl adjacent to an activating group) is 2. The quantitative estimate of drug-likeness (QED) is 0.861. The van der Waals surface area contributed by atoms with Gasteiger partial charge in [0.1, 0.15) is 5.82 Å². The van der Waals surface area contributed by atoms with Crippen LogP contribution in [0.3, 0.4) is 0 Å². The topological polar surface area (TPSA) is 31.4 Å². The molecule has 20 heavy (non-hydrogen) atoms. The molecule has 1 aliphatic carbocycles. The Morgan fingerprint density at radius 2 is 1.95 bits per heavy atom. The van der Waals surface area contributed by atoms with Gasteiger partial charge >= 0.3 is 0 Å². The second-order valence-electron chi connectivity index (χ2n) is 6.33. The van der Waals surface area contributed by atoms with Crippen molar-refractivity contribution in [3.8, 4) is 0 Å². The van der Waals surface area contributed by atoms with Crippen LogP contribution in [-0.2, 0) is 6.54 Å². The number of nitrogens with zero attached hydrogens (tertiary/aromatic N) is 3. The Balaban J connectivity index is 2.14. The standard InChI is InChI=1S/C16H28N4/c1-13-9-14(11-17-2)10-15(18-13)20(5)12-16(19(3)4)7-6-8-16/h9-10,17H,6-8,11-12H2,1-5H3. The minimum Gasteiger partial charge on any atom is -0.358 e. The van der Waals surface area contributed by atoms with E-state index in [1.54, 1.807) is 0 Å². The van der Waals surface area contributed by atoms with E-state index in [1.165, 1.54) is 24.8 Å². The van der Waals surface area contributed by atoms with E-state index in [1.807, 2.05) is 7.05 Å². The lowest BCUT2D eigenvalue weighted by molar-refractivity contribution is 0.0682. The molecule has 0 saturated heterocycles. The van der Waals surface area contributed by atoms with Gasteiger partial charge in [0.2, 0.25) is 0 Å². The predicted octanol–water partition coefficient (Wildman–Crippen LogP) is 2.03. The molecular weight excluding hydrogens is 248 g/mol. The minimum absolute atomic E-state index is 0.337. The second kappa shape index (κ2) is 6.10. The molecule has 4 nitrogen and oxygen atoms in total. The van der Waals surface area contributed by atoms with Crippen molar-refractivity contribution in [3.05, 3.63) is 23.4 Å². The van der Waals surface area contributed by atoms with Crippen molar-refractivity contribution in [1.82, 2.24) is 15.2 Å². The molecule has 1 saturated carbocycles. The summed E-state index contributed by atoms with van der Waals surface area (Å²) in [7, 11) is 8.54. The van der Waals surface area contributed by atoms with E-state index in [4.69, 9.17) is 4.98 Å². The number of anilines is 1. The summed E-state index contributed by atoms with van der Waals surface area (Å²) in [5, 5.41) is 3.21. The fraction of sp³-hybridized carbons (Fsp3) is 0.688. The van der Waals surface area contributed by atoms with E-state index in [2.05, 4.69) is 55.3 Å². The van der Waals surface area contributed by atoms with Gasteiger partial charge < -0.3 is 15.1 Å². The van der Waals surface area contributed by atoms with Crippen LogP contribution in [0.15, 0.2) is 12.1 Å². The molecule has 0 amide bonds. The van der Waals surface area contributed by atoms with Gasteiger partial charge in [-0.2, -0.15) is 0 Å². The lowest BCUT2D eigenvalue weighted by Gasteiger charge is -2.49. The first-order valence-electron chi connectivity index (χ1n) is 7.47. The van der Waals surface area contributed by atoms with Crippen LogP contribution < -0.4 is 10.2 Å². The van der Waals surface area contributed by atoms with Crippen molar-refractivity contribution >= 4 is 5.82 Å². The molecular formula is C16H28N4. The molecule has 4 heteroatoms. The van der Waals surface area contributed by atoms with Gasteiger partial charge in [-0.1, -0.05) is 0 Å². The third-order valence-corrected chi connectivity index (χ3v) is 4.54. The summed E-state index contributed by atoms with van der Waals surface area (Å²) < 4.78 is 0. The van der Waals surface area contributed by atoms with E-state index >= 15 is 0 Å². The molecule has 1 fully saturated rings. The molecule has 112 valence electrons. The van der Waals surface area contributed by atoms with Gasteiger partial charge in [0, 0.05) is 31.4 Å². The summed E-state index contributed by atoms with van der Waals surface area (Å²) in [6.07, 6.45) is 3.93. The zero-order chi connectivity index (χ0) is 14.8. The van der Waals surface area contributed by atoms with Gasteiger partial charge in [-0.3, -0.25) is 0 Å². The normalized spacial score (nSPS) is 17.1. The maximum absolute atomic E-state index is 4.70. The Bertz CT molecular complexity index is 452.